The molecule has 1 fully saturated rings. The van der Waals surface area contributed by atoms with E-state index in [0.717, 1.165) is 18.9 Å². The molecule has 1 saturated heterocycles. The van der Waals surface area contributed by atoms with Crippen molar-refractivity contribution in [3.05, 3.63) is 29.3 Å². The maximum Gasteiger partial charge on any atom is 0.418 e. The van der Waals surface area contributed by atoms with E-state index in [2.05, 4.69) is 5.10 Å². The molecule has 0 aromatic heterocycles. The van der Waals surface area contributed by atoms with E-state index < -0.39 is 11.7 Å². The van der Waals surface area contributed by atoms with Crippen LogP contribution in [0.3, 0.4) is 0 Å². The first-order chi connectivity index (χ1) is 8.52. The molecule has 1 heterocycles. The van der Waals surface area contributed by atoms with Crippen molar-refractivity contribution in [2.75, 3.05) is 18.0 Å². The van der Waals surface area contributed by atoms with Crippen LogP contribution in [-0.4, -0.2) is 19.3 Å². The minimum Gasteiger partial charge on any atom is -0.371 e. The number of hydrazone groups is 1. The predicted octanol–water partition coefficient (Wildman–Crippen LogP) is 2.60. The lowest BCUT2D eigenvalue weighted by Gasteiger charge is -2.22. The Hall–Kier alpha value is -1.72. The van der Waals surface area contributed by atoms with Gasteiger partial charge >= 0.3 is 6.18 Å². The van der Waals surface area contributed by atoms with Crippen LogP contribution in [0.4, 0.5) is 18.9 Å². The van der Waals surface area contributed by atoms with Gasteiger partial charge in [-0.1, -0.05) is 6.07 Å². The number of hydrogen-bond acceptors (Lipinski definition) is 3. The van der Waals surface area contributed by atoms with Crippen molar-refractivity contribution in [2.24, 2.45) is 10.9 Å². The molecule has 1 aliphatic heterocycles. The molecule has 0 atom stereocenters. The number of hydrogen-bond donors (Lipinski definition) is 1. The van der Waals surface area contributed by atoms with Gasteiger partial charge in [-0.25, -0.2) is 0 Å². The summed E-state index contributed by atoms with van der Waals surface area (Å²) in [6.45, 7) is 1.35. The summed E-state index contributed by atoms with van der Waals surface area (Å²) in [7, 11) is 0. The fourth-order valence-corrected chi connectivity index (χ4v) is 2.18. The molecule has 0 aliphatic carbocycles. The van der Waals surface area contributed by atoms with E-state index in [9.17, 15) is 13.2 Å². The zero-order chi connectivity index (χ0) is 13.2. The molecule has 18 heavy (non-hydrogen) atoms. The van der Waals surface area contributed by atoms with E-state index in [1.807, 2.05) is 0 Å². The topological polar surface area (TPSA) is 41.6 Å². The van der Waals surface area contributed by atoms with E-state index >= 15 is 0 Å². The Morgan fingerprint density at radius 1 is 1.22 bits per heavy atom. The van der Waals surface area contributed by atoms with E-state index in [0.29, 0.717) is 18.7 Å². The van der Waals surface area contributed by atoms with Crippen LogP contribution < -0.4 is 10.7 Å². The molecular weight excluding hydrogens is 243 g/mol. The summed E-state index contributed by atoms with van der Waals surface area (Å²) in [5.41, 5.74) is -0.0243. The molecule has 0 amide bonds. The number of alkyl halides is 3. The van der Waals surface area contributed by atoms with Crippen LogP contribution in [0, 0.1) is 0 Å². The smallest absolute Gasteiger partial charge is 0.371 e. The molecule has 2 rings (SSSR count). The molecule has 1 aromatic rings. The molecule has 0 unspecified atom stereocenters. The van der Waals surface area contributed by atoms with Gasteiger partial charge in [0.05, 0.1) is 11.8 Å². The largest absolute Gasteiger partial charge is 0.418 e. The molecular formula is C12H14F3N3. The maximum absolute atomic E-state index is 13.0. The second kappa shape index (κ2) is 4.88. The summed E-state index contributed by atoms with van der Waals surface area (Å²) in [6.07, 6.45) is -1.29. The standard InChI is InChI=1S/C12H14F3N3/c13-12(14,15)10-7-9(8-17-16)3-4-11(10)18-5-1-2-6-18/h3-4,7-8H,1-2,5-6,16H2. The van der Waals surface area contributed by atoms with E-state index in [1.54, 1.807) is 11.0 Å². The van der Waals surface area contributed by atoms with Crippen molar-refractivity contribution in [1.29, 1.82) is 0 Å². The van der Waals surface area contributed by atoms with Crippen molar-refractivity contribution >= 4 is 11.9 Å². The van der Waals surface area contributed by atoms with E-state index in [4.69, 9.17) is 5.84 Å². The normalized spacial score (nSPS) is 16.7. The number of benzene rings is 1. The van der Waals surface area contributed by atoms with Gasteiger partial charge in [-0.3, -0.25) is 0 Å². The van der Waals surface area contributed by atoms with Crippen LogP contribution in [-0.2, 0) is 6.18 Å². The Labute approximate surface area is 103 Å². The highest BCUT2D eigenvalue weighted by molar-refractivity contribution is 5.81. The van der Waals surface area contributed by atoms with Crippen molar-refractivity contribution in [3.8, 4) is 0 Å². The summed E-state index contributed by atoms with van der Waals surface area (Å²) in [5.74, 6) is 4.96. The van der Waals surface area contributed by atoms with E-state index in [1.165, 1.54) is 12.3 Å². The average Bonchev–Trinajstić information content (AvgIpc) is 2.81. The van der Waals surface area contributed by atoms with Gasteiger partial charge in [0.1, 0.15) is 0 Å². The molecule has 98 valence electrons. The Bertz CT molecular complexity index is 448. The highest BCUT2D eigenvalue weighted by Crippen LogP contribution is 2.38. The van der Waals surface area contributed by atoms with Gasteiger partial charge in [0.2, 0.25) is 0 Å². The van der Waals surface area contributed by atoms with Gasteiger partial charge in [-0.15, -0.1) is 0 Å². The fourth-order valence-electron chi connectivity index (χ4n) is 2.18. The second-order valence-corrected chi connectivity index (χ2v) is 4.25. The summed E-state index contributed by atoms with van der Waals surface area (Å²) in [4.78, 5) is 1.77. The van der Waals surface area contributed by atoms with Crippen molar-refractivity contribution in [3.63, 3.8) is 0 Å². The van der Waals surface area contributed by atoms with Crippen LogP contribution in [0.5, 0.6) is 0 Å². The van der Waals surface area contributed by atoms with Gasteiger partial charge in [0, 0.05) is 18.8 Å². The van der Waals surface area contributed by atoms with Gasteiger partial charge in [0.25, 0.3) is 0 Å². The second-order valence-electron chi connectivity index (χ2n) is 4.25. The van der Waals surface area contributed by atoms with Crippen LogP contribution in [0.25, 0.3) is 0 Å². The molecule has 0 bridgehead atoms. The molecule has 2 N–H and O–H groups in total. The zero-order valence-electron chi connectivity index (χ0n) is 9.74. The quantitative estimate of drug-likeness (QED) is 0.502. The summed E-state index contributed by atoms with van der Waals surface area (Å²) in [6, 6.07) is 4.18. The van der Waals surface area contributed by atoms with Crippen LogP contribution in [0.2, 0.25) is 0 Å². The lowest BCUT2D eigenvalue weighted by molar-refractivity contribution is -0.137. The van der Waals surface area contributed by atoms with Gasteiger partial charge in [-0.05, 0) is 30.5 Å². The third-order valence-corrected chi connectivity index (χ3v) is 3.00. The van der Waals surface area contributed by atoms with E-state index in [-0.39, 0.29) is 5.69 Å². The molecule has 0 radical (unpaired) electrons. The minimum atomic E-state index is -4.36. The van der Waals surface area contributed by atoms with Crippen LogP contribution in [0.1, 0.15) is 24.0 Å². The third-order valence-electron chi connectivity index (χ3n) is 3.00. The highest BCUT2D eigenvalue weighted by Gasteiger charge is 2.35. The lowest BCUT2D eigenvalue weighted by atomic mass is 10.1. The highest BCUT2D eigenvalue weighted by atomic mass is 19.4. The SMILES string of the molecule is NN=Cc1ccc(N2CCCC2)c(C(F)(F)F)c1. The van der Waals surface area contributed by atoms with Gasteiger partial charge in [0.15, 0.2) is 0 Å². The molecule has 0 spiro atoms. The van der Waals surface area contributed by atoms with Crippen molar-refractivity contribution in [1.82, 2.24) is 0 Å². The first kappa shape index (κ1) is 12.7. The lowest BCUT2D eigenvalue weighted by Crippen LogP contribution is -2.22. The zero-order valence-corrected chi connectivity index (χ0v) is 9.74. The molecule has 0 saturated carbocycles. The van der Waals surface area contributed by atoms with Crippen LogP contribution >= 0.6 is 0 Å². The fraction of sp³-hybridized carbons (Fsp3) is 0.417. The number of nitrogens with two attached hydrogens (primary N) is 1. The Balaban J connectivity index is 2.44. The summed E-state index contributed by atoms with van der Waals surface area (Å²) < 4.78 is 39.1. The first-order valence-electron chi connectivity index (χ1n) is 5.72. The minimum absolute atomic E-state index is 0.245. The number of nitrogens with zero attached hydrogens (tertiary/aromatic N) is 2. The summed E-state index contributed by atoms with van der Waals surface area (Å²) >= 11 is 0. The van der Waals surface area contributed by atoms with Crippen molar-refractivity contribution < 1.29 is 13.2 Å². The molecule has 1 aliphatic rings. The average molecular weight is 257 g/mol. The monoisotopic (exact) mass is 257 g/mol. The number of rotatable bonds is 2. The van der Waals surface area contributed by atoms with Gasteiger partial charge in [-0.2, -0.15) is 18.3 Å². The van der Waals surface area contributed by atoms with Crippen LogP contribution in [0.15, 0.2) is 23.3 Å². The molecule has 6 heteroatoms. The molecule has 3 nitrogen and oxygen atoms in total. The Morgan fingerprint density at radius 2 is 1.89 bits per heavy atom. The first-order valence-corrected chi connectivity index (χ1v) is 5.72. The molecule has 1 aromatic carbocycles. The number of halogens is 3. The summed E-state index contributed by atoms with van der Waals surface area (Å²) in [5, 5.41) is 3.25. The number of anilines is 1. The van der Waals surface area contributed by atoms with Crippen molar-refractivity contribution in [2.45, 2.75) is 19.0 Å². The third kappa shape index (κ3) is 2.57. The maximum atomic E-state index is 13.0. The predicted molar refractivity (Wildman–Crippen MR) is 64.7 cm³/mol. The Morgan fingerprint density at radius 3 is 2.44 bits per heavy atom. The Kier molecular flexibility index (Phi) is 3.45. The van der Waals surface area contributed by atoms with Gasteiger partial charge < -0.3 is 10.7 Å².